The van der Waals surface area contributed by atoms with Gasteiger partial charge in [0.15, 0.2) is 5.16 Å². The zero-order chi connectivity index (χ0) is 12.3. The van der Waals surface area contributed by atoms with Crippen LogP contribution in [0.2, 0.25) is 0 Å². The Balaban J connectivity index is 2.05. The molecule has 2 aromatic heterocycles. The second-order valence-electron chi connectivity index (χ2n) is 3.46. The lowest BCUT2D eigenvalue weighted by atomic mass is 10.3. The number of thioether (sulfide) groups is 1. The third-order valence-corrected chi connectivity index (χ3v) is 3.33. The average molecular weight is 253 g/mol. The molecule has 0 bridgehead atoms. The van der Waals surface area contributed by atoms with Gasteiger partial charge < -0.3 is 10.3 Å². The molecule has 17 heavy (non-hydrogen) atoms. The van der Waals surface area contributed by atoms with E-state index in [0.29, 0.717) is 12.3 Å². The quantitative estimate of drug-likeness (QED) is 0.826. The number of hydrogen-bond donors (Lipinski definition) is 1. The highest BCUT2D eigenvalue weighted by Crippen LogP contribution is 2.20. The SMILES string of the molecule is Cn1c(CN)nnc1SCc1cncc(F)c1. The molecule has 0 radical (unpaired) electrons. The van der Waals surface area contributed by atoms with Gasteiger partial charge in [0, 0.05) is 19.0 Å². The number of aromatic nitrogens is 4. The third-order valence-electron chi connectivity index (χ3n) is 2.24. The summed E-state index contributed by atoms with van der Waals surface area (Å²) >= 11 is 1.47. The summed E-state index contributed by atoms with van der Waals surface area (Å²) in [5.74, 6) is 0.995. The molecule has 0 unspecified atom stereocenters. The van der Waals surface area contributed by atoms with Crippen molar-refractivity contribution < 1.29 is 4.39 Å². The molecule has 0 aromatic carbocycles. The van der Waals surface area contributed by atoms with E-state index in [9.17, 15) is 4.39 Å². The number of rotatable bonds is 4. The first-order chi connectivity index (χ1) is 8.20. The van der Waals surface area contributed by atoms with Crippen LogP contribution in [0.3, 0.4) is 0 Å². The molecule has 2 rings (SSSR count). The first kappa shape index (κ1) is 12.0. The van der Waals surface area contributed by atoms with Gasteiger partial charge in [-0.05, 0) is 11.6 Å². The summed E-state index contributed by atoms with van der Waals surface area (Å²) < 4.78 is 14.7. The second-order valence-corrected chi connectivity index (χ2v) is 4.40. The van der Waals surface area contributed by atoms with Crippen LogP contribution in [0.15, 0.2) is 23.6 Å². The normalized spacial score (nSPS) is 10.8. The van der Waals surface area contributed by atoms with Crippen molar-refractivity contribution in [2.45, 2.75) is 17.5 Å². The Hall–Kier alpha value is -1.47. The van der Waals surface area contributed by atoms with E-state index in [1.54, 1.807) is 6.20 Å². The molecule has 5 nitrogen and oxygen atoms in total. The Bertz CT molecular complexity index is 513. The summed E-state index contributed by atoms with van der Waals surface area (Å²) in [6.07, 6.45) is 2.82. The molecule has 0 aliphatic rings. The van der Waals surface area contributed by atoms with Crippen LogP contribution in [0.25, 0.3) is 0 Å². The molecular formula is C10H12FN5S. The van der Waals surface area contributed by atoms with E-state index in [2.05, 4.69) is 15.2 Å². The van der Waals surface area contributed by atoms with E-state index in [0.717, 1.165) is 16.5 Å². The van der Waals surface area contributed by atoms with Crippen LogP contribution in [0.5, 0.6) is 0 Å². The van der Waals surface area contributed by atoms with Crippen molar-refractivity contribution in [3.8, 4) is 0 Å². The van der Waals surface area contributed by atoms with E-state index < -0.39 is 0 Å². The van der Waals surface area contributed by atoms with Crippen molar-refractivity contribution in [3.05, 3.63) is 35.7 Å². The van der Waals surface area contributed by atoms with Crippen LogP contribution < -0.4 is 5.73 Å². The van der Waals surface area contributed by atoms with Gasteiger partial charge in [-0.2, -0.15) is 0 Å². The molecule has 0 saturated carbocycles. The van der Waals surface area contributed by atoms with Gasteiger partial charge in [0.05, 0.1) is 12.7 Å². The van der Waals surface area contributed by atoms with Crippen molar-refractivity contribution in [1.29, 1.82) is 0 Å². The number of nitrogens with two attached hydrogens (primary N) is 1. The smallest absolute Gasteiger partial charge is 0.191 e. The maximum Gasteiger partial charge on any atom is 0.191 e. The fraction of sp³-hybridized carbons (Fsp3) is 0.300. The minimum absolute atomic E-state index is 0.330. The lowest BCUT2D eigenvalue weighted by molar-refractivity contribution is 0.619. The molecule has 0 spiro atoms. The van der Waals surface area contributed by atoms with Gasteiger partial charge in [-0.15, -0.1) is 10.2 Å². The Morgan fingerprint density at radius 1 is 1.41 bits per heavy atom. The molecule has 7 heteroatoms. The summed E-state index contributed by atoms with van der Waals surface area (Å²) in [6, 6.07) is 1.46. The van der Waals surface area contributed by atoms with Crippen LogP contribution in [0.4, 0.5) is 4.39 Å². The van der Waals surface area contributed by atoms with Crippen molar-refractivity contribution in [3.63, 3.8) is 0 Å². The fourth-order valence-electron chi connectivity index (χ4n) is 1.33. The van der Waals surface area contributed by atoms with Crippen LogP contribution in [-0.2, 0) is 19.3 Å². The van der Waals surface area contributed by atoms with E-state index >= 15 is 0 Å². The highest BCUT2D eigenvalue weighted by molar-refractivity contribution is 7.98. The molecule has 2 N–H and O–H groups in total. The van der Waals surface area contributed by atoms with Gasteiger partial charge in [-0.3, -0.25) is 4.98 Å². The lowest BCUT2D eigenvalue weighted by Crippen LogP contribution is -2.05. The minimum Gasteiger partial charge on any atom is -0.324 e. The fourth-order valence-corrected chi connectivity index (χ4v) is 2.18. The predicted octanol–water partition coefficient (Wildman–Crippen LogP) is 1.10. The van der Waals surface area contributed by atoms with Gasteiger partial charge in [-0.1, -0.05) is 11.8 Å². The van der Waals surface area contributed by atoms with E-state index in [1.807, 2.05) is 11.6 Å². The molecule has 90 valence electrons. The molecule has 0 aliphatic heterocycles. The van der Waals surface area contributed by atoms with E-state index in [-0.39, 0.29) is 5.82 Å². The lowest BCUT2D eigenvalue weighted by Gasteiger charge is -2.02. The van der Waals surface area contributed by atoms with Crippen molar-refractivity contribution in [2.75, 3.05) is 0 Å². The Morgan fingerprint density at radius 2 is 2.24 bits per heavy atom. The number of hydrogen-bond acceptors (Lipinski definition) is 5. The molecule has 0 fully saturated rings. The average Bonchev–Trinajstić information content (AvgIpc) is 2.67. The molecular weight excluding hydrogens is 241 g/mol. The summed E-state index contributed by atoms with van der Waals surface area (Å²) in [4.78, 5) is 3.79. The molecule has 0 aliphatic carbocycles. The van der Waals surface area contributed by atoms with E-state index in [4.69, 9.17) is 5.73 Å². The topological polar surface area (TPSA) is 69.6 Å². The van der Waals surface area contributed by atoms with Crippen LogP contribution in [0, 0.1) is 5.82 Å². The second kappa shape index (κ2) is 5.24. The maximum absolute atomic E-state index is 12.9. The van der Waals surface area contributed by atoms with E-state index in [1.165, 1.54) is 24.0 Å². The zero-order valence-electron chi connectivity index (χ0n) is 9.30. The molecule has 0 atom stereocenters. The maximum atomic E-state index is 12.9. The molecule has 2 heterocycles. The first-order valence-corrected chi connectivity index (χ1v) is 6.00. The first-order valence-electron chi connectivity index (χ1n) is 5.01. The summed E-state index contributed by atoms with van der Waals surface area (Å²) in [5, 5.41) is 8.71. The van der Waals surface area contributed by atoms with Gasteiger partial charge in [0.25, 0.3) is 0 Å². The summed E-state index contributed by atoms with van der Waals surface area (Å²) in [5.41, 5.74) is 6.31. The molecule has 0 saturated heterocycles. The van der Waals surface area contributed by atoms with Crippen LogP contribution in [0.1, 0.15) is 11.4 Å². The van der Waals surface area contributed by atoms with Crippen molar-refractivity contribution in [1.82, 2.24) is 19.7 Å². The highest BCUT2D eigenvalue weighted by Gasteiger charge is 2.08. The third kappa shape index (κ3) is 2.80. The Labute approximate surface area is 102 Å². The molecule has 0 amide bonds. The predicted molar refractivity (Wildman–Crippen MR) is 62.7 cm³/mol. The standard InChI is InChI=1S/C10H12FN5S/c1-16-9(3-12)14-15-10(16)17-6-7-2-8(11)5-13-4-7/h2,4-5H,3,6,12H2,1H3. The number of pyridine rings is 1. The van der Waals surface area contributed by atoms with Crippen molar-refractivity contribution in [2.24, 2.45) is 12.8 Å². The van der Waals surface area contributed by atoms with Crippen LogP contribution >= 0.6 is 11.8 Å². The largest absolute Gasteiger partial charge is 0.324 e. The van der Waals surface area contributed by atoms with Gasteiger partial charge >= 0.3 is 0 Å². The van der Waals surface area contributed by atoms with Gasteiger partial charge in [-0.25, -0.2) is 4.39 Å². The Morgan fingerprint density at radius 3 is 2.88 bits per heavy atom. The molecule has 2 aromatic rings. The summed E-state index contributed by atoms with van der Waals surface area (Å²) in [6.45, 7) is 0.353. The summed E-state index contributed by atoms with van der Waals surface area (Å²) in [7, 11) is 1.86. The van der Waals surface area contributed by atoms with Crippen LogP contribution in [-0.4, -0.2) is 19.7 Å². The monoisotopic (exact) mass is 253 g/mol. The number of nitrogens with zero attached hydrogens (tertiary/aromatic N) is 4. The Kier molecular flexibility index (Phi) is 3.70. The van der Waals surface area contributed by atoms with Gasteiger partial charge in [0.1, 0.15) is 11.6 Å². The van der Waals surface area contributed by atoms with Crippen molar-refractivity contribution >= 4 is 11.8 Å². The zero-order valence-corrected chi connectivity index (χ0v) is 10.1. The highest BCUT2D eigenvalue weighted by atomic mass is 32.2. The minimum atomic E-state index is -0.330. The number of halogens is 1. The van der Waals surface area contributed by atoms with Gasteiger partial charge in [0.2, 0.25) is 0 Å².